The number of benzene rings is 3. The zero-order chi connectivity index (χ0) is 30.3. The second-order valence-corrected chi connectivity index (χ2v) is 13.1. The van der Waals surface area contributed by atoms with Gasteiger partial charge in [-0.05, 0) is 87.1 Å². The lowest BCUT2D eigenvalue weighted by atomic mass is 9.93. The Balaban J connectivity index is 1.26. The molecule has 3 aromatic rings. The fourth-order valence-corrected chi connectivity index (χ4v) is 7.31. The molecule has 1 unspecified atom stereocenters. The summed E-state index contributed by atoms with van der Waals surface area (Å²) in [6, 6.07) is 23.2. The first-order valence-corrected chi connectivity index (χ1v) is 16.7. The molecule has 3 aromatic carbocycles. The third kappa shape index (κ3) is 7.60. The fraction of sp³-hybridized carbons (Fsp3) is 0.405. The van der Waals surface area contributed by atoms with Crippen LogP contribution in [0.1, 0.15) is 85.0 Å². The number of nitrogens with one attached hydrogen (secondary N) is 1. The predicted octanol–water partition coefficient (Wildman–Crippen LogP) is 8.15. The van der Waals surface area contributed by atoms with Crippen molar-refractivity contribution in [2.24, 2.45) is 0 Å². The van der Waals surface area contributed by atoms with Crippen LogP contribution in [-0.2, 0) is 11.3 Å². The zero-order valence-electron chi connectivity index (χ0n) is 26.1. The molecule has 0 saturated heterocycles. The second-order valence-electron chi connectivity index (χ2n) is 12.1. The van der Waals surface area contributed by atoms with Crippen molar-refractivity contribution in [2.45, 2.75) is 89.7 Å². The van der Waals surface area contributed by atoms with E-state index in [1.807, 2.05) is 53.4 Å². The number of amides is 2. The summed E-state index contributed by atoms with van der Waals surface area (Å²) in [4.78, 5) is 33.0. The molecule has 2 aliphatic rings. The van der Waals surface area contributed by atoms with Crippen LogP contribution in [0.4, 0.5) is 5.69 Å². The van der Waals surface area contributed by atoms with Crippen molar-refractivity contribution in [1.82, 2.24) is 10.2 Å². The minimum Gasteiger partial charge on any atom is -0.351 e. The molecule has 1 aliphatic carbocycles. The minimum atomic E-state index is -0.0521. The van der Waals surface area contributed by atoms with E-state index in [9.17, 15) is 9.59 Å². The van der Waals surface area contributed by atoms with Crippen LogP contribution in [0.25, 0.3) is 6.08 Å². The zero-order valence-corrected chi connectivity index (χ0v) is 26.9. The van der Waals surface area contributed by atoms with Crippen LogP contribution in [-0.4, -0.2) is 41.9 Å². The summed E-state index contributed by atoms with van der Waals surface area (Å²) in [6.07, 6.45) is 9.57. The van der Waals surface area contributed by atoms with Crippen LogP contribution in [0.2, 0.25) is 0 Å². The Morgan fingerprint density at radius 3 is 2.53 bits per heavy atom. The maximum Gasteiger partial charge on any atom is 0.265 e. The largest absolute Gasteiger partial charge is 0.351 e. The molecule has 0 spiro atoms. The summed E-state index contributed by atoms with van der Waals surface area (Å²) in [6.45, 7) is 10.8. The van der Waals surface area contributed by atoms with E-state index in [1.54, 1.807) is 0 Å². The summed E-state index contributed by atoms with van der Waals surface area (Å²) < 4.78 is 0. The van der Waals surface area contributed by atoms with Crippen molar-refractivity contribution < 1.29 is 9.59 Å². The summed E-state index contributed by atoms with van der Waals surface area (Å²) in [7, 11) is 0. The lowest BCUT2D eigenvalue weighted by molar-refractivity contribution is -0.114. The number of thioether (sulfide) groups is 1. The van der Waals surface area contributed by atoms with E-state index in [4.69, 9.17) is 0 Å². The standard InChI is InChI=1S/C37H45N3O2S/c1-5-28(4)39(32-11-7-6-8-12-32)22-21-38-36(41)30-19-17-29(18-20-30)24-35-37(42)40(33-13-9-10-14-34(33)43-35)25-31-23-26(2)15-16-27(31)3/h9-10,13-20,23-24,28,32H,5-8,11-12,21-22,25H2,1-4H3,(H,38,41). The summed E-state index contributed by atoms with van der Waals surface area (Å²) >= 11 is 1.51. The molecule has 1 fully saturated rings. The number of fused-ring (bicyclic) bond motifs is 1. The van der Waals surface area contributed by atoms with Crippen molar-refractivity contribution in [3.05, 3.63) is 99.5 Å². The van der Waals surface area contributed by atoms with Crippen molar-refractivity contribution in [2.75, 3.05) is 18.0 Å². The van der Waals surface area contributed by atoms with Gasteiger partial charge in [0.15, 0.2) is 0 Å². The molecule has 0 radical (unpaired) electrons. The van der Waals surface area contributed by atoms with Crippen LogP contribution in [0, 0.1) is 13.8 Å². The first kappa shape index (κ1) is 31.1. The molecular formula is C37H45N3O2S. The highest BCUT2D eigenvalue weighted by Gasteiger charge is 2.29. The van der Waals surface area contributed by atoms with Gasteiger partial charge in [-0.25, -0.2) is 0 Å². The molecule has 2 amide bonds. The molecular weight excluding hydrogens is 550 g/mol. The Kier molecular flexibility index (Phi) is 10.4. The number of carbonyl (C=O) groups excluding carboxylic acids is 2. The van der Waals surface area contributed by atoms with E-state index < -0.39 is 0 Å². The normalized spacial score (nSPS) is 17.3. The van der Waals surface area contributed by atoms with Crippen LogP contribution < -0.4 is 10.2 Å². The molecule has 5 nitrogen and oxygen atoms in total. The van der Waals surface area contributed by atoms with Gasteiger partial charge in [0.05, 0.1) is 17.1 Å². The Hall–Kier alpha value is -3.35. The Morgan fingerprint density at radius 2 is 1.79 bits per heavy atom. The molecule has 1 saturated carbocycles. The second kappa shape index (κ2) is 14.4. The van der Waals surface area contributed by atoms with E-state index >= 15 is 0 Å². The monoisotopic (exact) mass is 595 g/mol. The molecule has 1 aliphatic heterocycles. The summed E-state index contributed by atoms with van der Waals surface area (Å²) in [5.41, 5.74) is 5.99. The maximum absolute atomic E-state index is 13.8. The number of nitrogens with zero attached hydrogens (tertiary/aromatic N) is 2. The van der Waals surface area contributed by atoms with E-state index in [2.05, 4.69) is 62.2 Å². The number of rotatable bonds is 10. The molecule has 1 N–H and O–H groups in total. The molecule has 43 heavy (non-hydrogen) atoms. The number of para-hydroxylation sites is 1. The first-order valence-electron chi connectivity index (χ1n) is 15.8. The SMILES string of the molecule is CCC(C)N(CCNC(=O)c1ccc(C=C2Sc3ccccc3N(Cc3cc(C)ccc3C)C2=O)cc1)C1CCCCC1. The van der Waals surface area contributed by atoms with Gasteiger partial charge in [-0.1, -0.05) is 86.0 Å². The average molecular weight is 596 g/mol. The van der Waals surface area contributed by atoms with Crippen LogP contribution in [0.5, 0.6) is 0 Å². The summed E-state index contributed by atoms with van der Waals surface area (Å²) in [5.74, 6) is -0.0565. The first-order chi connectivity index (χ1) is 20.8. The van der Waals surface area contributed by atoms with Crippen molar-refractivity contribution in [3.8, 4) is 0 Å². The number of carbonyl (C=O) groups is 2. The van der Waals surface area contributed by atoms with Crippen molar-refractivity contribution in [3.63, 3.8) is 0 Å². The Labute approximate surface area is 261 Å². The van der Waals surface area contributed by atoms with Gasteiger partial charge in [0.25, 0.3) is 11.8 Å². The molecule has 1 atom stereocenters. The fourth-order valence-electron chi connectivity index (χ4n) is 6.25. The number of hydrogen-bond donors (Lipinski definition) is 1. The Bertz CT molecular complexity index is 1460. The van der Waals surface area contributed by atoms with Gasteiger partial charge >= 0.3 is 0 Å². The Morgan fingerprint density at radius 1 is 1.05 bits per heavy atom. The van der Waals surface area contributed by atoms with E-state index in [-0.39, 0.29) is 11.8 Å². The van der Waals surface area contributed by atoms with Gasteiger partial charge < -0.3 is 10.2 Å². The van der Waals surface area contributed by atoms with Gasteiger partial charge in [-0.3, -0.25) is 14.5 Å². The number of hydrogen-bond acceptors (Lipinski definition) is 4. The lowest BCUT2D eigenvalue weighted by Gasteiger charge is -2.38. The topological polar surface area (TPSA) is 52.7 Å². The lowest BCUT2D eigenvalue weighted by Crippen LogP contribution is -2.46. The van der Waals surface area contributed by atoms with Gasteiger partial charge in [0, 0.05) is 35.6 Å². The predicted molar refractivity (Wildman–Crippen MR) is 179 cm³/mol. The van der Waals surface area contributed by atoms with Crippen LogP contribution >= 0.6 is 11.8 Å². The van der Waals surface area contributed by atoms with Crippen molar-refractivity contribution >= 4 is 35.3 Å². The third-order valence-electron chi connectivity index (χ3n) is 8.99. The molecule has 1 heterocycles. The smallest absolute Gasteiger partial charge is 0.265 e. The highest BCUT2D eigenvalue weighted by molar-refractivity contribution is 8.04. The van der Waals surface area contributed by atoms with Crippen LogP contribution in [0.15, 0.2) is 76.5 Å². The third-order valence-corrected chi connectivity index (χ3v) is 10.1. The van der Waals surface area contributed by atoms with E-state index in [1.165, 1.54) is 55.0 Å². The molecule has 0 aromatic heterocycles. The molecule has 226 valence electrons. The van der Waals surface area contributed by atoms with Gasteiger partial charge in [-0.2, -0.15) is 0 Å². The quantitative estimate of drug-likeness (QED) is 0.240. The van der Waals surface area contributed by atoms with Gasteiger partial charge in [0.1, 0.15) is 0 Å². The maximum atomic E-state index is 13.8. The number of anilines is 1. The van der Waals surface area contributed by atoms with E-state index in [0.29, 0.717) is 35.6 Å². The highest BCUT2D eigenvalue weighted by atomic mass is 32.2. The van der Waals surface area contributed by atoms with Gasteiger partial charge in [-0.15, -0.1) is 0 Å². The molecule has 5 rings (SSSR count). The molecule has 6 heteroatoms. The average Bonchev–Trinajstić information content (AvgIpc) is 3.03. The van der Waals surface area contributed by atoms with Crippen molar-refractivity contribution in [1.29, 1.82) is 0 Å². The summed E-state index contributed by atoms with van der Waals surface area (Å²) in [5, 5.41) is 3.14. The molecule has 0 bridgehead atoms. The van der Waals surface area contributed by atoms with Gasteiger partial charge in [0.2, 0.25) is 0 Å². The number of aryl methyl sites for hydroxylation is 2. The van der Waals surface area contributed by atoms with Crippen LogP contribution in [0.3, 0.4) is 0 Å². The minimum absolute atomic E-state index is 0.00440. The van der Waals surface area contributed by atoms with E-state index in [0.717, 1.165) is 34.7 Å². The highest BCUT2D eigenvalue weighted by Crippen LogP contribution is 2.42.